The maximum absolute atomic E-state index is 11.9. The van der Waals surface area contributed by atoms with Gasteiger partial charge in [-0.15, -0.1) is 12.4 Å². The monoisotopic (exact) mass is 283 g/mol. The lowest BCUT2D eigenvalue weighted by Crippen LogP contribution is -2.40. The fourth-order valence-corrected chi connectivity index (χ4v) is 2.22. The minimum atomic E-state index is -0.218. The minimum Gasteiger partial charge on any atom is -0.354 e. The van der Waals surface area contributed by atoms with Gasteiger partial charge in [0, 0.05) is 13.1 Å². The smallest absolute Gasteiger partial charge is 0.236 e. The highest BCUT2D eigenvalue weighted by Gasteiger charge is 2.28. The van der Waals surface area contributed by atoms with E-state index >= 15 is 0 Å². The molecule has 1 unspecified atom stereocenters. The largest absolute Gasteiger partial charge is 0.354 e. The number of nitrogens with two attached hydrogens (primary N) is 1. The summed E-state index contributed by atoms with van der Waals surface area (Å²) in [6, 6.07) is 9.37. The third-order valence-corrected chi connectivity index (χ3v) is 3.11. The van der Waals surface area contributed by atoms with Crippen LogP contribution in [0.2, 0.25) is 0 Å². The van der Waals surface area contributed by atoms with E-state index in [1.807, 2.05) is 30.3 Å². The fourth-order valence-electron chi connectivity index (χ4n) is 2.22. The molecule has 5 nitrogen and oxygen atoms in total. The molecule has 1 aromatic carbocycles. The lowest BCUT2D eigenvalue weighted by molar-refractivity contribution is -0.132. The molecule has 1 atom stereocenters. The van der Waals surface area contributed by atoms with E-state index in [0.717, 1.165) is 5.56 Å². The van der Waals surface area contributed by atoms with Crippen molar-refractivity contribution >= 4 is 24.2 Å². The second-order valence-electron chi connectivity index (χ2n) is 4.27. The maximum atomic E-state index is 11.9. The van der Waals surface area contributed by atoms with E-state index in [4.69, 9.17) is 5.73 Å². The van der Waals surface area contributed by atoms with Crippen molar-refractivity contribution in [3.63, 3.8) is 0 Å². The number of hydrogen-bond acceptors (Lipinski definition) is 3. The number of amides is 2. The topological polar surface area (TPSA) is 75.4 Å². The van der Waals surface area contributed by atoms with Gasteiger partial charge in [-0.25, -0.2) is 0 Å². The second-order valence-corrected chi connectivity index (χ2v) is 4.27. The summed E-state index contributed by atoms with van der Waals surface area (Å²) >= 11 is 0. The predicted molar refractivity (Wildman–Crippen MR) is 74.8 cm³/mol. The SMILES string of the molecule is Cl.NCC(=O)N1CCNC(=O)CC1c1ccccc1. The number of halogens is 1. The first-order valence-electron chi connectivity index (χ1n) is 6.03. The van der Waals surface area contributed by atoms with Crippen molar-refractivity contribution < 1.29 is 9.59 Å². The van der Waals surface area contributed by atoms with Crippen LogP contribution in [0.3, 0.4) is 0 Å². The van der Waals surface area contributed by atoms with Gasteiger partial charge < -0.3 is 16.0 Å². The molecule has 1 fully saturated rings. The van der Waals surface area contributed by atoms with Crippen molar-refractivity contribution in [3.8, 4) is 0 Å². The molecule has 3 N–H and O–H groups in total. The molecule has 0 bridgehead atoms. The molecule has 2 rings (SSSR count). The Morgan fingerprint density at radius 1 is 1.37 bits per heavy atom. The third kappa shape index (κ3) is 3.68. The Hall–Kier alpha value is -1.59. The van der Waals surface area contributed by atoms with Crippen molar-refractivity contribution in [1.29, 1.82) is 0 Å². The summed E-state index contributed by atoms with van der Waals surface area (Å²) < 4.78 is 0. The van der Waals surface area contributed by atoms with Gasteiger partial charge >= 0.3 is 0 Å². The normalized spacial score (nSPS) is 19.1. The quantitative estimate of drug-likeness (QED) is 0.828. The van der Waals surface area contributed by atoms with Gasteiger partial charge in [0.15, 0.2) is 0 Å². The molecule has 2 amide bonds. The summed E-state index contributed by atoms with van der Waals surface area (Å²) in [6.07, 6.45) is 0.287. The Bertz CT molecular complexity index is 439. The number of nitrogens with zero attached hydrogens (tertiary/aromatic N) is 1. The summed E-state index contributed by atoms with van der Waals surface area (Å²) in [5, 5.41) is 2.78. The van der Waals surface area contributed by atoms with E-state index in [-0.39, 0.29) is 43.2 Å². The van der Waals surface area contributed by atoms with Gasteiger partial charge in [0.2, 0.25) is 11.8 Å². The number of carbonyl (C=O) groups is 2. The predicted octanol–water partition coefficient (Wildman–Crippen LogP) is 0.457. The van der Waals surface area contributed by atoms with Crippen molar-refractivity contribution in [1.82, 2.24) is 10.2 Å². The average Bonchev–Trinajstić information content (AvgIpc) is 2.60. The van der Waals surface area contributed by atoms with Gasteiger partial charge in [0.05, 0.1) is 19.0 Å². The van der Waals surface area contributed by atoms with Gasteiger partial charge in [-0.1, -0.05) is 30.3 Å². The molecule has 1 heterocycles. The highest BCUT2D eigenvalue weighted by atomic mass is 35.5. The molecule has 1 aromatic rings. The van der Waals surface area contributed by atoms with Crippen LogP contribution in [-0.4, -0.2) is 36.3 Å². The van der Waals surface area contributed by atoms with E-state index in [0.29, 0.717) is 13.1 Å². The van der Waals surface area contributed by atoms with E-state index in [1.165, 1.54) is 0 Å². The molecule has 104 valence electrons. The minimum absolute atomic E-state index is 0. The fraction of sp³-hybridized carbons (Fsp3) is 0.385. The zero-order valence-corrected chi connectivity index (χ0v) is 11.4. The Kier molecular flexibility index (Phi) is 5.79. The van der Waals surface area contributed by atoms with E-state index in [2.05, 4.69) is 5.32 Å². The standard InChI is InChI=1S/C13H17N3O2.ClH/c14-9-13(18)16-7-6-15-12(17)8-11(16)10-4-2-1-3-5-10;/h1-5,11H,6-9,14H2,(H,15,17);1H. The molecular formula is C13H18ClN3O2. The van der Waals surface area contributed by atoms with Gasteiger partial charge in [-0.05, 0) is 5.56 Å². The van der Waals surface area contributed by atoms with Gasteiger partial charge in [0.1, 0.15) is 0 Å². The maximum Gasteiger partial charge on any atom is 0.236 e. The van der Waals surface area contributed by atoms with Crippen molar-refractivity contribution in [2.75, 3.05) is 19.6 Å². The first-order chi connectivity index (χ1) is 8.72. The van der Waals surface area contributed by atoms with Crippen LogP contribution >= 0.6 is 12.4 Å². The zero-order chi connectivity index (χ0) is 13.0. The third-order valence-electron chi connectivity index (χ3n) is 3.11. The van der Waals surface area contributed by atoms with Crippen LogP contribution in [0.1, 0.15) is 18.0 Å². The summed E-state index contributed by atoms with van der Waals surface area (Å²) in [5.41, 5.74) is 6.40. The lowest BCUT2D eigenvalue weighted by Gasteiger charge is -2.29. The van der Waals surface area contributed by atoms with Crippen LogP contribution in [0.4, 0.5) is 0 Å². The molecule has 0 aliphatic carbocycles. The van der Waals surface area contributed by atoms with Crippen molar-refractivity contribution in [3.05, 3.63) is 35.9 Å². The molecule has 19 heavy (non-hydrogen) atoms. The van der Waals surface area contributed by atoms with Crippen molar-refractivity contribution in [2.24, 2.45) is 5.73 Å². The van der Waals surface area contributed by atoms with E-state index in [9.17, 15) is 9.59 Å². The highest BCUT2D eigenvalue weighted by molar-refractivity contribution is 5.85. The molecule has 0 radical (unpaired) electrons. The van der Waals surface area contributed by atoms with Crippen molar-refractivity contribution in [2.45, 2.75) is 12.5 Å². The van der Waals surface area contributed by atoms with E-state index < -0.39 is 0 Å². The summed E-state index contributed by atoms with van der Waals surface area (Å²) in [6.45, 7) is 0.951. The number of rotatable bonds is 2. The first kappa shape index (κ1) is 15.5. The highest BCUT2D eigenvalue weighted by Crippen LogP contribution is 2.25. The van der Waals surface area contributed by atoms with E-state index in [1.54, 1.807) is 4.90 Å². The molecular weight excluding hydrogens is 266 g/mol. The number of nitrogens with one attached hydrogen (secondary N) is 1. The molecule has 0 spiro atoms. The molecule has 6 heteroatoms. The Morgan fingerprint density at radius 2 is 2.05 bits per heavy atom. The Morgan fingerprint density at radius 3 is 2.68 bits per heavy atom. The second kappa shape index (κ2) is 7.11. The zero-order valence-electron chi connectivity index (χ0n) is 10.5. The Balaban J connectivity index is 0.00000180. The van der Waals surface area contributed by atoms with Gasteiger partial charge in [-0.3, -0.25) is 9.59 Å². The molecule has 1 aliphatic heterocycles. The molecule has 0 aromatic heterocycles. The molecule has 1 saturated heterocycles. The number of carbonyl (C=O) groups excluding carboxylic acids is 2. The number of benzene rings is 1. The first-order valence-corrected chi connectivity index (χ1v) is 6.03. The van der Waals surface area contributed by atoms with Crippen LogP contribution in [0.15, 0.2) is 30.3 Å². The van der Waals surface area contributed by atoms with Crippen LogP contribution in [0.25, 0.3) is 0 Å². The average molecular weight is 284 g/mol. The van der Waals surface area contributed by atoms with Gasteiger partial charge in [0.25, 0.3) is 0 Å². The Labute approximate surface area is 118 Å². The summed E-state index contributed by atoms with van der Waals surface area (Å²) in [4.78, 5) is 25.2. The van der Waals surface area contributed by atoms with Crippen LogP contribution < -0.4 is 11.1 Å². The van der Waals surface area contributed by atoms with Gasteiger partial charge in [-0.2, -0.15) is 0 Å². The summed E-state index contributed by atoms with van der Waals surface area (Å²) in [5.74, 6) is -0.156. The lowest BCUT2D eigenvalue weighted by atomic mass is 10.0. The summed E-state index contributed by atoms with van der Waals surface area (Å²) in [7, 11) is 0. The van der Waals surface area contributed by atoms with Crippen LogP contribution in [0, 0.1) is 0 Å². The number of hydrogen-bond donors (Lipinski definition) is 2. The van der Waals surface area contributed by atoms with Crippen LogP contribution in [0.5, 0.6) is 0 Å². The molecule has 1 aliphatic rings. The van der Waals surface area contributed by atoms with Crippen LogP contribution in [-0.2, 0) is 9.59 Å². The molecule has 0 saturated carbocycles.